The molecule has 2 rings (SSSR count). The number of H-pyrrole nitrogens is 1. The van der Waals surface area contributed by atoms with E-state index in [4.69, 9.17) is 4.74 Å². The summed E-state index contributed by atoms with van der Waals surface area (Å²) in [5, 5.41) is 12.7. The van der Waals surface area contributed by atoms with Crippen molar-refractivity contribution >= 4 is 38.9 Å². The molecule has 124 valence electrons. The van der Waals surface area contributed by atoms with Gasteiger partial charge >= 0.3 is 12.1 Å². The van der Waals surface area contributed by atoms with Gasteiger partial charge in [-0.05, 0) is 30.2 Å². The predicted molar refractivity (Wildman–Crippen MR) is 90.5 cm³/mol. The third-order valence-corrected chi connectivity index (χ3v) is 3.97. The van der Waals surface area contributed by atoms with Crippen molar-refractivity contribution in [1.82, 2.24) is 10.3 Å². The number of unbranched alkanes of at least 4 members (excludes halogenated alkanes) is 1. The van der Waals surface area contributed by atoms with Crippen LogP contribution in [0.3, 0.4) is 0 Å². The highest BCUT2D eigenvalue weighted by molar-refractivity contribution is 9.10. The minimum Gasteiger partial charge on any atom is -0.480 e. The Morgan fingerprint density at radius 3 is 2.91 bits per heavy atom. The minimum atomic E-state index is -1.10. The van der Waals surface area contributed by atoms with Gasteiger partial charge in [0.25, 0.3) is 0 Å². The van der Waals surface area contributed by atoms with Crippen LogP contribution < -0.4 is 5.32 Å². The summed E-state index contributed by atoms with van der Waals surface area (Å²) in [6.07, 6.45) is 2.89. The normalized spacial score (nSPS) is 12.1. The number of fused-ring (bicyclic) bond motifs is 1. The molecule has 6 nitrogen and oxygen atoms in total. The lowest BCUT2D eigenvalue weighted by atomic mass is 10.1. The molecule has 23 heavy (non-hydrogen) atoms. The van der Waals surface area contributed by atoms with Crippen molar-refractivity contribution in [3.8, 4) is 0 Å². The second kappa shape index (κ2) is 8.01. The Balaban J connectivity index is 2.07. The number of rotatable bonds is 7. The molecule has 7 heteroatoms. The first kappa shape index (κ1) is 17.3. The van der Waals surface area contributed by atoms with Crippen LogP contribution >= 0.6 is 15.9 Å². The fourth-order valence-electron chi connectivity index (χ4n) is 2.23. The van der Waals surface area contributed by atoms with E-state index in [-0.39, 0.29) is 13.0 Å². The van der Waals surface area contributed by atoms with Crippen molar-refractivity contribution < 1.29 is 19.4 Å². The molecule has 1 unspecified atom stereocenters. The fourth-order valence-corrected chi connectivity index (χ4v) is 2.59. The molecule has 0 radical (unpaired) electrons. The summed E-state index contributed by atoms with van der Waals surface area (Å²) in [4.78, 5) is 26.2. The molecule has 0 saturated carbocycles. The van der Waals surface area contributed by atoms with E-state index in [1.54, 1.807) is 6.20 Å². The number of nitrogens with one attached hydrogen (secondary N) is 2. The maximum atomic E-state index is 11.7. The number of amides is 1. The van der Waals surface area contributed by atoms with E-state index in [0.717, 1.165) is 33.8 Å². The number of carbonyl (C=O) groups is 2. The number of aliphatic carboxylic acids is 1. The molecule has 0 bridgehead atoms. The van der Waals surface area contributed by atoms with Crippen LogP contribution in [0.4, 0.5) is 4.79 Å². The number of aromatic nitrogens is 1. The van der Waals surface area contributed by atoms with Crippen molar-refractivity contribution in [3.63, 3.8) is 0 Å². The number of alkyl carbamates (subject to hydrolysis) is 1. The number of carboxylic acid groups (broad SMARTS) is 1. The van der Waals surface area contributed by atoms with E-state index in [0.29, 0.717) is 0 Å². The monoisotopic (exact) mass is 382 g/mol. The first-order chi connectivity index (χ1) is 11.0. The van der Waals surface area contributed by atoms with E-state index in [1.165, 1.54) is 0 Å². The summed E-state index contributed by atoms with van der Waals surface area (Å²) in [6, 6.07) is 4.69. The molecular formula is C16H19BrN2O4. The number of carboxylic acids is 1. The van der Waals surface area contributed by atoms with Gasteiger partial charge < -0.3 is 20.1 Å². The SMILES string of the molecule is CCCCOC(=O)NC(Cc1c[nH]c2ccc(Br)cc12)C(=O)O. The van der Waals surface area contributed by atoms with Crippen LogP contribution in [0.5, 0.6) is 0 Å². The van der Waals surface area contributed by atoms with Crippen molar-refractivity contribution in [2.45, 2.75) is 32.2 Å². The Bertz CT molecular complexity index is 698. The van der Waals surface area contributed by atoms with E-state index in [1.807, 2.05) is 25.1 Å². The highest BCUT2D eigenvalue weighted by Crippen LogP contribution is 2.23. The zero-order valence-corrected chi connectivity index (χ0v) is 14.4. The molecule has 1 heterocycles. The van der Waals surface area contributed by atoms with Gasteiger partial charge in [-0.15, -0.1) is 0 Å². The lowest BCUT2D eigenvalue weighted by molar-refractivity contribution is -0.139. The summed E-state index contributed by atoms with van der Waals surface area (Å²) < 4.78 is 5.87. The Kier molecular flexibility index (Phi) is 6.04. The summed E-state index contributed by atoms with van der Waals surface area (Å²) >= 11 is 3.40. The van der Waals surface area contributed by atoms with Gasteiger partial charge in [-0.25, -0.2) is 9.59 Å². The van der Waals surface area contributed by atoms with Gasteiger partial charge in [-0.2, -0.15) is 0 Å². The summed E-state index contributed by atoms with van der Waals surface area (Å²) in [7, 11) is 0. The van der Waals surface area contributed by atoms with Gasteiger partial charge in [0.05, 0.1) is 6.61 Å². The smallest absolute Gasteiger partial charge is 0.407 e. The lowest BCUT2D eigenvalue weighted by Gasteiger charge is -2.14. The zero-order chi connectivity index (χ0) is 16.8. The highest BCUT2D eigenvalue weighted by atomic mass is 79.9. The second-order valence-corrected chi connectivity index (χ2v) is 6.15. The molecule has 2 aromatic rings. The van der Waals surface area contributed by atoms with E-state index < -0.39 is 18.1 Å². The average molecular weight is 383 g/mol. The van der Waals surface area contributed by atoms with Gasteiger partial charge in [0.2, 0.25) is 0 Å². The van der Waals surface area contributed by atoms with Crippen LogP contribution in [0.25, 0.3) is 10.9 Å². The van der Waals surface area contributed by atoms with E-state index in [9.17, 15) is 14.7 Å². The van der Waals surface area contributed by atoms with Gasteiger partial charge in [0.15, 0.2) is 0 Å². The summed E-state index contributed by atoms with van der Waals surface area (Å²) in [5.74, 6) is -1.10. The second-order valence-electron chi connectivity index (χ2n) is 5.23. The zero-order valence-electron chi connectivity index (χ0n) is 12.8. The van der Waals surface area contributed by atoms with Crippen molar-refractivity contribution in [2.75, 3.05) is 6.61 Å². The van der Waals surface area contributed by atoms with Crippen molar-refractivity contribution in [2.24, 2.45) is 0 Å². The Hall–Kier alpha value is -2.02. The fraction of sp³-hybridized carbons (Fsp3) is 0.375. The summed E-state index contributed by atoms with van der Waals surface area (Å²) in [6.45, 7) is 2.27. The van der Waals surface area contributed by atoms with Crippen LogP contribution in [0.1, 0.15) is 25.3 Å². The van der Waals surface area contributed by atoms with Crippen LogP contribution in [0.2, 0.25) is 0 Å². The third-order valence-electron chi connectivity index (χ3n) is 3.47. The number of ether oxygens (including phenoxy) is 1. The van der Waals surface area contributed by atoms with Crippen LogP contribution in [-0.4, -0.2) is 34.8 Å². The molecule has 0 fully saturated rings. The molecule has 0 spiro atoms. The Morgan fingerprint density at radius 2 is 2.22 bits per heavy atom. The molecular weight excluding hydrogens is 364 g/mol. The molecule has 0 aliphatic heterocycles. The molecule has 1 aromatic carbocycles. The minimum absolute atomic E-state index is 0.175. The largest absolute Gasteiger partial charge is 0.480 e. The Labute approximate surface area is 142 Å². The third kappa shape index (κ3) is 4.72. The quantitative estimate of drug-likeness (QED) is 0.639. The van der Waals surface area contributed by atoms with E-state index >= 15 is 0 Å². The first-order valence-corrected chi connectivity index (χ1v) is 8.22. The summed E-state index contributed by atoms with van der Waals surface area (Å²) in [5.41, 5.74) is 1.74. The maximum absolute atomic E-state index is 11.7. The number of aromatic amines is 1. The highest BCUT2D eigenvalue weighted by Gasteiger charge is 2.22. The number of hydrogen-bond acceptors (Lipinski definition) is 3. The number of halogens is 1. The van der Waals surface area contributed by atoms with Crippen molar-refractivity contribution in [1.29, 1.82) is 0 Å². The van der Waals surface area contributed by atoms with Crippen molar-refractivity contribution in [3.05, 3.63) is 34.4 Å². The average Bonchev–Trinajstić information content (AvgIpc) is 2.89. The molecule has 3 N–H and O–H groups in total. The van der Waals surface area contributed by atoms with Gasteiger partial charge in [-0.3, -0.25) is 0 Å². The molecule has 1 atom stereocenters. The van der Waals surface area contributed by atoms with Crippen LogP contribution in [0.15, 0.2) is 28.9 Å². The maximum Gasteiger partial charge on any atom is 0.407 e. The van der Waals surface area contributed by atoms with Gasteiger partial charge in [0.1, 0.15) is 6.04 Å². The van der Waals surface area contributed by atoms with E-state index in [2.05, 4.69) is 26.2 Å². The molecule has 0 saturated heterocycles. The predicted octanol–water partition coefficient (Wildman–Crippen LogP) is 3.45. The number of benzene rings is 1. The molecule has 0 aliphatic carbocycles. The molecule has 0 aliphatic rings. The topological polar surface area (TPSA) is 91.4 Å². The standard InChI is InChI=1S/C16H19BrN2O4/c1-2-3-6-23-16(22)19-14(15(20)21)7-10-9-18-13-5-4-11(17)8-12(10)13/h4-5,8-9,14,18H,2-3,6-7H2,1H3,(H,19,22)(H,20,21). The molecule has 1 amide bonds. The van der Waals surface area contributed by atoms with Crippen LogP contribution in [0, 0.1) is 0 Å². The number of hydrogen-bond donors (Lipinski definition) is 3. The number of carbonyl (C=O) groups excluding carboxylic acids is 1. The lowest BCUT2D eigenvalue weighted by Crippen LogP contribution is -2.42. The molecule has 1 aromatic heterocycles. The van der Waals surface area contributed by atoms with Crippen LogP contribution in [-0.2, 0) is 16.0 Å². The first-order valence-electron chi connectivity index (χ1n) is 7.43. The van der Waals surface area contributed by atoms with Gasteiger partial charge in [-0.1, -0.05) is 29.3 Å². The van der Waals surface area contributed by atoms with Gasteiger partial charge in [0, 0.05) is 28.0 Å². The Morgan fingerprint density at radius 1 is 1.43 bits per heavy atom.